The van der Waals surface area contributed by atoms with Crippen molar-refractivity contribution in [2.24, 2.45) is 0 Å². The summed E-state index contributed by atoms with van der Waals surface area (Å²) in [6.45, 7) is 0.343. The first-order chi connectivity index (χ1) is 9.38. The largest absolute Gasteiger partial charge is 0.389 e. The molecule has 0 fully saturated rings. The van der Waals surface area contributed by atoms with E-state index < -0.39 is 12.6 Å². The van der Waals surface area contributed by atoms with Gasteiger partial charge in [-0.15, -0.1) is 0 Å². The lowest BCUT2D eigenvalue weighted by Crippen LogP contribution is -2.15. The van der Waals surface area contributed by atoms with Crippen molar-refractivity contribution in [2.75, 3.05) is 0 Å². The van der Waals surface area contributed by atoms with Crippen molar-refractivity contribution in [3.05, 3.63) is 39.1 Å². The maximum atomic E-state index is 12.1. The normalized spacial score (nSPS) is 12.0. The average molecular weight is 349 g/mol. The van der Waals surface area contributed by atoms with E-state index in [9.17, 15) is 18.0 Å². The lowest BCUT2D eigenvalue weighted by Gasteiger charge is -2.10. The maximum Gasteiger partial charge on any atom is 0.389 e. The van der Waals surface area contributed by atoms with E-state index in [0.29, 0.717) is 23.9 Å². The molecule has 1 aromatic carbocycles. The van der Waals surface area contributed by atoms with Crippen molar-refractivity contribution in [2.45, 2.75) is 32.0 Å². The van der Waals surface area contributed by atoms with E-state index >= 15 is 0 Å². The van der Waals surface area contributed by atoms with Crippen LogP contribution in [-0.2, 0) is 6.54 Å². The second-order valence-electron chi connectivity index (χ2n) is 4.43. The van der Waals surface area contributed by atoms with Crippen molar-refractivity contribution in [1.82, 2.24) is 9.78 Å². The van der Waals surface area contributed by atoms with E-state index in [4.69, 9.17) is 0 Å². The highest BCUT2D eigenvalue weighted by molar-refractivity contribution is 9.10. The van der Waals surface area contributed by atoms with Gasteiger partial charge in [0.2, 0.25) is 5.43 Å². The van der Waals surface area contributed by atoms with Crippen molar-refractivity contribution in [1.29, 1.82) is 0 Å². The van der Waals surface area contributed by atoms with Gasteiger partial charge in [-0.3, -0.25) is 9.48 Å². The van der Waals surface area contributed by atoms with Crippen molar-refractivity contribution < 1.29 is 13.2 Å². The number of aryl methyl sites for hydroxylation is 1. The molecule has 0 saturated heterocycles. The van der Waals surface area contributed by atoms with Gasteiger partial charge < -0.3 is 0 Å². The molecular weight excluding hydrogens is 337 g/mol. The highest BCUT2D eigenvalue weighted by atomic mass is 79.9. The number of fused-ring (bicyclic) bond motifs is 1. The Morgan fingerprint density at radius 2 is 1.90 bits per heavy atom. The van der Waals surface area contributed by atoms with Crippen LogP contribution in [0, 0.1) is 0 Å². The SMILES string of the molecule is O=c1c(Br)nn(CCCCC(F)(F)F)c2ccccc12. The van der Waals surface area contributed by atoms with Crippen LogP contribution in [0.5, 0.6) is 0 Å². The van der Waals surface area contributed by atoms with Gasteiger partial charge in [0.1, 0.15) is 0 Å². The molecule has 1 heterocycles. The average Bonchev–Trinajstić information content (AvgIpc) is 2.39. The summed E-state index contributed by atoms with van der Waals surface area (Å²) in [4.78, 5) is 11.9. The third-order valence-corrected chi connectivity index (χ3v) is 3.42. The van der Waals surface area contributed by atoms with Crippen LogP contribution in [-0.4, -0.2) is 16.0 Å². The zero-order valence-corrected chi connectivity index (χ0v) is 12.0. The predicted octanol–water partition coefficient (Wildman–Crippen LogP) is 3.89. The number of nitrogens with zero attached hydrogens (tertiary/aromatic N) is 2. The second-order valence-corrected chi connectivity index (χ2v) is 5.18. The number of hydrogen-bond donors (Lipinski definition) is 0. The van der Waals surface area contributed by atoms with Crippen molar-refractivity contribution in [3.8, 4) is 0 Å². The molecule has 0 aliphatic rings. The first-order valence-electron chi connectivity index (χ1n) is 6.10. The molecular formula is C13H12BrF3N2O. The monoisotopic (exact) mass is 348 g/mol. The number of unbranched alkanes of at least 4 members (excludes halogenated alkanes) is 1. The summed E-state index contributed by atoms with van der Waals surface area (Å²) in [5.74, 6) is 0. The Bertz CT molecular complexity index is 667. The third-order valence-electron chi connectivity index (χ3n) is 2.90. The molecule has 0 atom stereocenters. The fraction of sp³-hybridized carbons (Fsp3) is 0.385. The maximum absolute atomic E-state index is 12.1. The van der Waals surface area contributed by atoms with Crippen LogP contribution in [0.15, 0.2) is 33.7 Å². The molecule has 2 aromatic rings. The molecule has 0 N–H and O–H groups in total. The summed E-state index contributed by atoms with van der Waals surface area (Å²) in [5, 5.41) is 4.58. The Morgan fingerprint density at radius 1 is 1.20 bits per heavy atom. The zero-order valence-electron chi connectivity index (χ0n) is 10.5. The number of hydrogen-bond acceptors (Lipinski definition) is 2. The number of para-hydroxylation sites is 1. The molecule has 0 aliphatic heterocycles. The van der Waals surface area contributed by atoms with Gasteiger partial charge >= 0.3 is 6.18 Å². The van der Waals surface area contributed by atoms with Crippen molar-refractivity contribution in [3.63, 3.8) is 0 Å². The molecule has 108 valence electrons. The van der Waals surface area contributed by atoms with Gasteiger partial charge in [0.05, 0.1) is 10.9 Å². The molecule has 7 heteroatoms. The van der Waals surface area contributed by atoms with Gasteiger partial charge in [-0.25, -0.2) is 0 Å². The first-order valence-corrected chi connectivity index (χ1v) is 6.90. The van der Waals surface area contributed by atoms with E-state index in [1.807, 2.05) is 0 Å². The van der Waals surface area contributed by atoms with Gasteiger partial charge in [-0.2, -0.15) is 18.3 Å². The number of alkyl halides is 3. The van der Waals surface area contributed by atoms with E-state index in [-0.39, 0.29) is 16.5 Å². The summed E-state index contributed by atoms with van der Waals surface area (Å²) in [6, 6.07) is 6.92. The molecule has 0 spiro atoms. The molecule has 1 aromatic heterocycles. The second kappa shape index (κ2) is 5.95. The molecule has 20 heavy (non-hydrogen) atoms. The minimum absolute atomic E-state index is 0.0449. The van der Waals surface area contributed by atoms with Crippen LogP contribution in [0.2, 0.25) is 0 Å². The summed E-state index contributed by atoms with van der Waals surface area (Å²) in [6.07, 6.45) is -4.53. The van der Waals surface area contributed by atoms with Crippen LogP contribution < -0.4 is 5.43 Å². The smallest absolute Gasteiger partial charge is 0.286 e. The Labute approximate surface area is 121 Å². The van der Waals surface area contributed by atoms with Crippen LogP contribution >= 0.6 is 15.9 Å². The van der Waals surface area contributed by atoms with E-state index in [1.165, 1.54) is 0 Å². The van der Waals surface area contributed by atoms with Crippen molar-refractivity contribution >= 4 is 26.8 Å². The van der Waals surface area contributed by atoms with Crippen LogP contribution in [0.3, 0.4) is 0 Å². The zero-order chi connectivity index (χ0) is 14.8. The first kappa shape index (κ1) is 15.0. The summed E-state index contributed by atoms with van der Waals surface area (Å²) in [5.41, 5.74) is 0.417. The summed E-state index contributed by atoms with van der Waals surface area (Å²) < 4.78 is 38.0. The van der Waals surface area contributed by atoms with Crippen LogP contribution in [0.4, 0.5) is 13.2 Å². The molecule has 0 unspecified atom stereocenters. The van der Waals surface area contributed by atoms with Gasteiger partial charge in [-0.05, 0) is 40.9 Å². The number of aromatic nitrogens is 2. The fourth-order valence-corrected chi connectivity index (χ4v) is 2.37. The lowest BCUT2D eigenvalue weighted by atomic mass is 10.2. The number of halogens is 4. The predicted molar refractivity (Wildman–Crippen MR) is 73.6 cm³/mol. The number of rotatable bonds is 4. The fourth-order valence-electron chi connectivity index (χ4n) is 1.96. The quantitative estimate of drug-likeness (QED) is 0.785. The lowest BCUT2D eigenvalue weighted by molar-refractivity contribution is -0.135. The minimum Gasteiger partial charge on any atom is -0.286 e. The summed E-state index contributed by atoms with van der Waals surface area (Å²) >= 11 is 3.08. The molecule has 0 radical (unpaired) electrons. The number of benzene rings is 1. The molecule has 3 nitrogen and oxygen atoms in total. The van der Waals surface area contributed by atoms with E-state index in [0.717, 1.165) is 0 Å². The van der Waals surface area contributed by atoms with E-state index in [2.05, 4.69) is 21.0 Å². The highest BCUT2D eigenvalue weighted by Crippen LogP contribution is 2.22. The molecule has 0 aliphatic carbocycles. The molecule has 0 bridgehead atoms. The van der Waals surface area contributed by atoms with Gasteiger partial charge in [-0.1, -0.05) is 12.1 Å². The topological polar surface area (TPSA) is 34.9 Å². The van der Waals surface area contributed by atoms with Gasteiger partial charge in [0.15, 0.2) is 4.60 Å². The van der Waals surface area contributed by atoms with Crippen LogP contribution in [0.1, 0.15) is 19.3 Å². The molecule has 0 saturated carbocycles. The Balaban J connectivity index is 2.18. The Kier molecular flexibility index (Phi) is 4.47. The van der Waals surface area contributed by atoms with E-state index in [1.54, 1.807) is 28.9 Å². The molecule has 2 rings (SSSR count). The van der Waals surface area contributed by atoms with Crippen LogP contribution in [0.25, 0.3) is 10.9 Å². The Morgan fingerprint density at radius 3 is 2.60 bits per heavy atom. The Hall–Kier alpha value is -1.37. The van der Waals surface area contributed by atoms with Gasteiger partial charge in [0.25, 0.3) is 0 Å². The van der Waals surface area contributed by atoms with Gasteiger partial charge in [0, 0.05) is 13.0 Å². The summed E-state index contributed by atoms with van der Waals surface area (Å²) in [7, 11) is 0. The molecule has 0 amide bonds. The highest BCUT2D eigenvalue weighted by Gasteiger charge is 2.25. The third kappa shape index (κ3) is 3.59. The standard InChI is InChI=1S/C13H12BrF3N2O/c14-12-11(20)9-5-1-2-6-10(9)19(18-12)8-4-3-7-13(15,16)17/h1-2,5-6H,3-4,7-8H2. The minimum atomic E-state index is -4.13.